The van der Waals surface area contributed by atoms with Gasteiger partial charge in [0.05, 0.1) is 0 Å². The van der Waals surface area contributed by atoms with Crippen molar-refractivity contribution in [1.29, 1.82) is 0 Å². The predicted octanol–water partition coefficient (Wildman–Crippen LogP) is 7.08. The van der Waals surface area contributed by atoms with E-state index in [1.54, 1.807) is 0 Å². The summed E-state index contributed by atoms with van der Waals surface area (Å²) in [5.74, 6) is -1.08. The fourth-order valence-corrected chi connectivity index (χ4v) is 19.6. The molecule has 0 atom stereocenters. The average Bonchev–Trinajstić information content (AvgIpc) is 2.74. The number of unbranched alkanes of at least 4 members (excludes halogenated alkanes) is 3. The Balaban J connectivity index is 5.62. The Morgan fingerprint density at radius 3 is 1.63 bits per heavy atom. The Labute approximate surface area is 189 Å². The third-order valence-electron chi connectivity index (χ3n) is 6.12. The summed E-state index contributed by atoms with van der Waals surface area (Å²) in [6.07, 6.45) is 12.6. The van der Waals surface area contributed by atoms with Crippen LogP contribution in [0, 0.1) is 5.41 Å². The normalized spacial score (nSPS) is 12.2. The molecule has 0 saturated carbocycles. The van der Waals surface area contributed by atoms with Gasteiger partial charge < -0.3 is 0 Å². The van der Waals surface area contributed by atoms with Crippen LogP contribution in [0.5, 0.6) is 0 Å². The van der Waals surface area contributed by atoms with Crippen molar-refractivity contribution in [3.05, 3.63) is 24.3 Å². The van der Waals surface area contributed by atoms with Gasteiger partial charge in [0.15, 0.2) is 0 Å². The van der Waals surface area contributed by atoms with Crippen LogP contribution in [0.3, 0.4) is 0 Å². The van der Waals surface area contributed by atoms with Gasteiger partial charge in [0.1, 0.15) is 0 Å². The van der Waals surface area contributed by atoms with Crippen LogP contribution in [0.2, 0.25) is 17.7 Å². The summed E-state index contributed by atoms with van der Waals surface area (Å²) in [6, 6.07) is 0. The van der Waals surface area contributed by atoms with E-state index >= 15 is 0 Å². The summed E-state index contributed by atoms with van der Waals surface area (Å²) >= 11 is -2.27. The standard InChI is InChI=1S/C13H19O4.3C4H9.Sn/c1-6-7-8-13(9-10(2)3,11(14)16-4)12(15)17-5;3*1-3-4-2;/h6-7H,1-2,8-9H2,3-5H3;3*1,3-4H2,2H3;/b7-6+;;;;. The molecule has 0 aliphatic heterocycles. The molecule has 0 saturated heterocycles. The van der Waals surface area contributed by atoms with Crippen molar-refractivity contribution in [3.63, 3.8) is 0 Å². The number of carbonyl (C=O) groups is 2. The molecule has 0 aliphatic carbocycles. The van der Waals surface area contributed by atoms with E-state index in [1.165, 1.54) is 70.5 Å². The third kappa shape index (κ3) is 9.57. The quantitative estimate of drug-likeness (QED) is 0.0875. The number of hydrogen-bond acceptors (Lipinski definition) is 4. The van der Waals surface area contributed by atoms with Crippen LogP contribution < -0.4 is 0 Å². The van der Waals surface area contributed by atoms with Gasteiger partial charge >= 0.3 is 190 Å². The Morgan fingerprint density at radius 1 is 0.867 bits per heavy atom. The number of carbonyl (C=O) groups excluding carboxylic acids is 2. The van der Waals surface area contributed by atoms with E-state index in [-0.39, 0.29) is 6.42 Å². The fourth-order valence-electron chi connectivity index (χ4n) is 4.33. The first kappa shape index (κ1) is 29.2. The molecule has 0 unspecified atom stereocenters. The second-order valence-corrected chi connectivity index (χ2v) is 22.9. The topological polar surface area (TPSA) is 52.6 Å². The van der Waals surface area contributed by atoms with E-state index in [9.17, 15) is 9.59 Å². The van der Waals surface area contributed by atoms with Crippen molar-refractivity contribution in [3.8, 4) is 0 Å². The first-order chi connectivity index (χ1) is 14.3. The number of allylic oxidation sites excluding steroid dienone is 3. The van der Waals surface area contributed by atoms with Crippen molar-refractivity contribution in [2.75, 3.05) is 14.2 Å². The molecule has 0 bridgehead atoms. The molecule has 0 aliphatic rings. The monoisotopic (exact) mass is 530 g/mol. The van der Waals surface area contributed by atoms with Crippen molar-refractivity contribution in [1.82, 2.24) is 0 Å². The van der Waals surface area contributed by atoms with Gasteiger partial charge in [-0.25, -0.2) is 0 Å². The number of ether oxygens (including phenoxy) is 2. The van der Waals surface area contributed by atoms with Crippen LogP contribution in [0.15, 0.2) is 24.3 Å². The molecular formula is C25H46O4Sn. The van der Waals surface area contributed by atoms with Crippen LogP contribution in [0.25, 0.3) is 0 Å². The van der Waals surface area contributed by atoms with E-state index in [0.717, 1.165) is 5.57 Å². The van der Waals surface area contributed by atoms with Crippen molar-refractivity contribution >= 4 is 30.3 Å². The molecule has 0 amide bonds. The summed E-state index contributed by atoms with van der Waals surface area (Å²) in [7, 11) is 2.65. The van der Waals surface area contributed by atoms with Crippen LogP contribution in [-0.2, 0) is 19.1 Å². The maximum atomic E-state index is 12.6. The van der Waals surface area contributed by atoms with Crippen LogP contribution >= 0.6 is 0 Å². The van der Waals surface area contributed by atoms with Gasteiger partial charge in [-0.05, 0) is 0 Å². The summed E-state index contributed by atoms with van der Waals surface area (Å²) in [5, 5.41) is 0. The molecule has 0 N–H and O–H groups in total. The fraction of sp³-hybridized carbons (Fsp3) is 0.760. The molecule has 0 fully saturated rings. The maximum absolute atomic E-state index is 12.6. The molecule has 5 heteroatoms. The van der Waals surface area contributed by atoms with E-state index in [1.807, 2.05) is 13.0 Å². The molecule has 0 rings (SSSR count). The minimum absolute atomic E-state index is 0.243. The molecule has 174 valence electrons. The summed E-state index contributed by atoms with van der Waals surface area (Å²) in [6.45, 7) is 12.6. The Hall–Kier alpha value is -0.781. The van der Waals surface area contributed by atoms with E-state index in [4.69, 9.17) is 9.47 Å². The molecule has 4 nitrogen and oxygen atoms in total. The molecule has 0 aromatic rings. The summed E-state index contributed by atoms with van der Waals surface area (Å²) in [5.41, 5.74) is -0.568. The second kappa shape index (κ2) is 15.9. The van der Waals surface area contributed by atoms with E-state index < -0.39 is 35.7 Å². The second-order valence-electron chi connectivity index (χ2n) is 8.89. The molecule has 0 radical (unpaired) electrons. The number of rotatable bonds is 17. The van der Waals surface area contributed by atoms with Crippen molar-refractivity contribution < 1.29 is 19.1 Å². The van der Waals surface area contributed by atoms with Gasteiger partial charge in [-0.1, -0.05) is 0 Å². The number of esters is 2. The first-order valence-electron chi connectivity index (χ1n) is 11.7. The van der Waals surface area contributed by atoms with Crippen molar-refractivity contribution in [2.45, 2.75) is 96.8 Å². The third-order valence-corrected chi connectivity index (χ3v) is 21.4. The number of methoxy groups -OCH3 is 2. The minimum atomic E-state index is -2.27. The van der Waals surface area contributed by atoms with Crippen LogP contribution in [-0.4, -0.2) is 44.5 Å². The molecule has 0 heterocycles. The van der Waals surface area contributed by atoms with E-state index in [0.29, 0.717) is 6.42 Å². The molecule has 0 spiro atoms. The summed E-state index contributed by atoms with van der Waals surface area (Å²) < 4.78 is 15.5. The summed E-state index contributed by atoms with van der Waals surface area (Å²) in [4.78, 5) is 25.2. The van der Waals surface area contributed by atoms with E-state index in [2.05, 4.69) is 33.4 Å². The van der Waals surface area contributed by atoms with Gasteiger partial charge in [0, 0.05) is 0 Å². The Kier molecular flexibility index (Phi) is 15.5. The van der Waals surface area contributed by atoms with Gasteiger partial charge in [-0.3, -0.25) is 0 Å². The van der Waals surface area contributed by atoms with Crippen LogP contribution in [0.1, 0.15) is 79.1 Å². The molecular weight excluding hydrogens is 483 g/mol. The van der Waals surface area contributed by atoms with Crippen LogP contribution in [0.4, 0.5) is 0 Å². The van der Waals surface area contributed by atoms with Gasteiger partial charge in [-0.15, -0.1) is 0 Å². The number of hydrogen-bond donors (Lipinski definition) is 0. The van der Waals surface area contributed by atoms with Crippen molar-refractivity contribution in [2.24, 2.45) is 5.41 Å². The molecule has 0 aromatic carbocycles. The first-order valence-corrected chi connectivity index (χ1v) is 19.8. The predicted molar refractivity (Wildman–Crippen MR) is 129 cm³/mol. The Morgan fingerprint density at radius 2 is 1.30 bits per heavy atom. The van der Waals surface area contributed by atoms with Gasteiger partial charge in [0.25, 0.3) is 0 Å². The molecule has 30 heavy (non-hydrogen) atoms. The van der Waals surface area contributed by atoms with Gasteiger partial charge in [-0.2, -0.15) is 0 Å². The zero-order valence-electron chi connectivity index (χ0n) is 20.5. The molecule has 0 aromatic heterocycles. The van der Waals surface area contributed by atoms with Gasteiger partial charge in [0.2, 0.25) is 0 Å². The SMILES string of the molecule is C=C(C)CC(C/C=C/[CH2][Sn]([CH2]CCC)([CH2]CCC)[CH2]CCC)(C(=O)OC)C(=O)OC. The Bertz CT molecular complexity index is 516. The zero-order valence-corrected chi connectivity index (χ0v) is 23.3. The average molecular weight is 529 g/mol. The zero-order chi connectivity index (χ0) is 23.0.